The molecule has 1 aromatic carbocycles. The van der Waals surface area contributed by atoms with Crippen LogP contribution in [-0.2, 0) is 12.0 Å². The third-order valence-corrected chi connectivity index (χ3v) is 8.45. The predicted octanol–water partition coefficient (Wildman–Crippen LogP) is 6.24. The number of benzene rings is 1. The van der Waals surface area contributed by atoms with Gasteiger partial charge in [-0.15, -0.1) is 5.10 Å². The van der Waals surface area contributed by atoms with Gasteiger partial charge < -0.3 is 0 Å². The lowest BCUT2D eigenvalue weighted by molar-refractivity contribution is 0.242. The SMILES string of the molecule is Cc1cc(-c2cncc([C@@]34CC[C@@H](c5cc(-c6c(F)cccc6F)nnc53)C4(C)C)n2)nn1CC(C)C. The number of halogens is 2. The maximum Gasteiger partial charge on any atom is 0.135 e. The van der Waals surface area contributed by atoms with Crippen molar-refractivity contribution in [3.63, 3.8) is 0 Å². The van der Waals surface area contributed by atoms with Crippen molar-refractivity contribution in [2.24, 2.45) is 11.3 Å². The molecule has 6 nitrogen and oxygen atoms in total. The van der Waals surface area contributed by atoms with Crippen LogP contribution < -0.4 is 0 Å². The van der Waals surface area contributed by atoms with E-state index >= 15 is 0 Å². The first-order chi connectivity index (χ1) is 17.6. The topological polar surface area (TPSA) is 69.4 Å². The van der Waals surface area contributed by atoms with Gasteiger partial charge in [0.15, 0.2) is 0 Å². The molecule has 1 fully saturated rings. The molecule has 6 rings (SSSR count). The monoisotopic (exact) mass is 500 g/mol. The minimum absolute atomic E-state index is 0.137. The third-order valence-electron chi connectivity index (χ3n) is 8.45. The van der Waals surface area contributed by atoms with Crippen molar-refractivity contribution in [1.29, 1.82) is 0 Å². The van der Waals surface area contributed by atoms with E-state index in [1.807, 2.05) is 23.0 Å². The number of aromatic nitrogens is 6. The van der Waals surface area contributed by atoms with Gasteiger partial charge in [-0.1, -0.05) is 33.8 Å². The van der Waals surface area contributed by atoms with E-state index in [9.17, 15) is 8.78 Å². The fourth-order valence-electron chi connectivity index (χ4n) is 6.62. The van der Waals surface area contributed by atoms with Crippen molar-refractivity contribution >= 4 is 0 Å². The summed E-state index contributed by atoms with van der Waals surface area (Å²) in [6, 6.07) is 7.72. The molecule has 2 aliphatic rings. The standard InChI is InChI=1S/C29H30F2N6/c1-16(2)15-37-17(3)11-22(36-37)24-13-32-14-25(33-24)29-10-9-19(28(29,4)5)18-12-23(34-35-27(18)29)26-20(30)7-6-8-21(26)31/h6-8,11-14,16,19H,9-10,15H2,1-5H3/t19-,29-/m0/s1. The molecule has 0 unspecified atom stereocenters. The first-order valence-electron chi connectivity index (χ1n) is 12.8. The Morgan fingerprint density at radius 1 is 1.03 bits per heavy atom. The molecular formula is C29H30F2N6. The number of nitrogens with zero attached hydrogens (tertiary/aromatic N) is 6. The molecule has 8 heteroatoms. The first kappa shape index (κ1) is 23.8. The Morgan fingerprint density at radius 3 is 2.51 bits per heavy atom. The van der Waals surface area contributed by atoms with E-state index in [4.69, 9.17) is 10.1 Å². The van der Waals surface area contributed by atoms with E-state index in [2.05, 4.69) is 49.8 Å². The lowest BCUT2D eigenvalue weighted by Gasteiger charge is -2.37. The summed E-state index contributed by atoms with van der Waals surface area (Å²) >= 11 is 0. The Bertz CT molecular complexity index is 1500. The van der Waals surface area contributed by atoms with E-state index in [1.54, 1.807) is 6.20 Å². The number of aryl methyl sites for hydroxylation is 1. The summed E-state index contributed by atoms with van der Waals surface area (Å²) in [4.78, 5) is 9.69. The molecular weight excluding hydrogens is 470 g/mol. The fraction of sp³-hybridized carbons (Fsp3) is 0.414. The Balaban J connectivity index is 1.47. The van der Waals surface area contributed by atoms with Crippen LogP contribution >= 0.6 is 0 Å². The largest absolute Gasteiger partial charge is 0.269 e. The summed E-state index contributed by atoms with van der Waals surface area (Å²) < 4.78 is 31.1. The van der Waals surface area contributed by atoms with Gasteiger partial charge in [0.2, 0.25) is 0 Å². The van der Waals surface area contributed by atoms with E-state index in [0.717, 1.165) is 53.4 Å². The van der Waals surface area contributed by atoms with Crippen molar-refractivity contribution in [2.75, 3.05) is 0 Å². The smallest absolute Gasteiger partial charge is 0.135 e. The number of hydrogen-bond donors (Lipinski definition) is 0. The van der Waals surface area contributed by atoms with Crippen molar-refractivity contribution in [1.82, 2.24) is 29.9 Å². The van der Waals surface area contributed by atoms with Crippen molar-refractivity contribution in [3.8, 4) is 22.6 Å². The zero-order valence-electron chi connectivity index (χ0n) is 21.8. The van der Waals surface area contributed by atoms with Crippen LogP contribution in [0.15, 0.2) is 42.7 Å². The molecule has 0 spiro atoms. The van der Waals surface area contributed by atoms with Crippen LogP contribution in [0.25, 0.3) is 22.6 Å². The van der Waals surface area contributed by atoms with Crippen LogP contribution in [0.3, 0.4) is 0 Å². The maximum atomic E-state index is 14.5. The second-order valence-electron chi connectivity index (χ2n) is 11.4. The second-order valence-corrected chi connectivity index (χ2v) is 11.4. The number of fused-ring (bicyclic) bond motifs is 5. The Kier molecular flexibility index (Phi) is 5.30. The van der Waals surface area contributed by atoms with Gasteiger partial charge in [-0.05, 0) is 66.8 Å². The van der Waals surface area contributed by atoms with E-state index < -0.39 is 17.0 Å². The summed E-state index contributed by atoms with van der Waals surface area (Å²) in [5.74, 6) is -0.630. The lowest BCUT2D eigenvalue weighted by atomic mass is 9.66. The van der Waals surface area contributed by atoms with Crippen LogP contribution in [0.5, 0.6) is 0 Å². The zero-order chi connectivity index (χ0) is 26.1. The molecule has 3 aromatic heterocycles. The quantitative estimate of drug-likeness (QED) is 0.324. The molecule has 190 valence electrons. The highest BCUT2D eigenvalue weighted by Gasteiger charge is 2.65. The zero-order valence-corrected chi connectivity index (χ0v) is 21.8. The molecule has 4 aromatic rings. The summed E-state index contributed by atoms with van der Waals surface area (Å²) in [5.41, 5.74) is 4.64. The Morgan fingerprint density at radius 2 is 1.78 bits per heavy atom. The van der Waals surface area contributed by atoms with Gasteiger partial charge in [0.05, 0.1) is 34.3 Å². The summed E-state index contributed by atoms with van der Waals surface area (Å²) in [5, 5.41) is 13.8. The average Bonchev–Trinajstić information content (AvgIpc) is 3.41. The van der Waals surface area contributed by atoms with Crippen LogP contribution in [0, 0.1) is 29.9 Å². The molecule has 0 aliphatic heterocycles. The normalized spacial score (nSPS) is 21.6. The molecule has 0 radical (unpaired) electrons. The van der Waals surface area contributed by atoms with Crippen LogP contribution in [0.1, 0.15) is 69.1 Å². The predicted molar refractivity (Wildman–Crippen MR) is 137 cm³/mol. The van der Waals surface area contributed by atoms with E-state index in [0.29, 0.717) is 5.92 Å². The average molecular weight is 501 g/mol. The second kappa shape index (κ2) is 8.23. The molecule has 0 amide bonds. The van der Waals surface area contributed by atoms with Gasteiger partial charge in [-0.3, -0.25) is 9.67 Å². The minimum atomic E-state index is -0.642. The van der Waals surface area contributed by atoms with Crippen LogP contribution in [0.4, 0.5) is 8.78 Å². The lowest BCUT2D eigenvalue weighted by Crippen LogP contribution is -2.38. The summed E-state index contributed by atoms with van der Waals surface area (Å²) in [6.07, 6.45) is 5.37. The highest BCUT2D eigenvalue weighted by Crippen LogP contribution is 2.69. The van der Waals surface area contributed by atoms with Crippen molar-refractivity contribution in [2.45, 2.75) is 65.3 Å². The molecule has 0 N–H and O–H groups in total. The van der Waals surface area contributed by atoms with Gasteiger partial charge in [0.25, 0.3) is 0 Å². The molecule has 0 saturated heterocycles. The van der Waals surface area contributed by atoms with Gasteiger partial charge in [-0.25, -0.2) is 13.8 Å². The maximum absolute atomic E-state index is 14.5. The minimum Gasteiger partial charge on any atom is -0.269 e. The van der Waals surface area contributed by atoms with Gasteiger partial charge in [0, 0.05) is 18.4 Å². The van der Waals surface area contributed by atoms with Gasteiger partial charge in [-0.2, -0.15) is 10.2 Å². The molecule has 2 atom stereocenters. The van der Waals surface area contributed by atoms with Crippen LogP contribution in [0.2, 0.25) is 0 Å². The highest BCUT2D eigenvalue weighted by atomic mass is 19.1. The highest BCUT2D eigenvalue weighted by molar-refractivity contribution is 5.64. The third kappa shape index (κ3) is 3.37. The molecule has 2 aliphatic carbocycles. The van der Waals surface area contributed by atoms with E-state index in [1.165, 1.54) is 18.2 Å². The molecule has 3 heterocycles. The fourth-order valence-corrected chi connectivity index (χ4v) is 6.62. The first-order valence-corrected chi connectivity index (χ1v) is 12.8. The summed E-state index contributed by atoms with van der Waals surface area (Å²) in [7, 11) is 0. The number of rotatable bonds is 5. The molecule has 2 bridgehead atoms. The van der Waals surface area contributed by atoms with Gasteiger partial charge in [0.1, 0.15) is 23.0 Å². The Labute approximate surface area is 215 Å². The molecule has 37 heavy (non-hydrogen) atoms. The number of hydrogen-bond acceptors (Lipinski definition) is 5. The van der Waals surface area contributed by atoms with Gasteiger partial charge >= 0.3 is 0 Å². The molecule has 1 saturated carbocycles. The van der Waals surface area contributed by atoms with E-state index in [-0.39, 0.29) is 22.6 Å². The van der Waals surface area contributed by atoms with Crippen molar-refractivity contribution in [3.05, 3.63) is 77.0 Å². The Hall–Kier alpha value is -3.55. The van der Waals surface area contributed by atoms with Crippen LogP contribution in [-0.4, -0.2) is 29.9 Å². The van der Waals surface area contributed by atoms with Crippen molar-refractivity contribution < 1.29 is 8.78 Å². The summed E-state index contributed by atoms with van der Waals surface area (Å²) in [6.45, 7) is 11.7.